The molecule has 0 atom stereocenters. The normalized spacial score (nSPS) is 17.3. The molecule has 2 rings (SSSR count). The zero-order chi connectivity index (χ0) is 9.10. The molecule has 13 heavy (non-hydrogen) atoms. The summed E-state index contributed by atoms with van der Waals surface area (Å²) >= 11 is 0. The fraction of sp³-hybridized carbons (Fsp3) is 0.700. The summed E-state index contributed by atoms with van der Waals surface area (Å²) in [7, 11) is 0. The molecule has 1 saturated carbocycles. The summed E-state index contributed by atoms with van der Waals surface area (Å²) in [5, 5.41) is 8.63. The second kappa shape index (κ2) is 3.92. The Morgan fingerprint density at radius 3 is 3.00 bits per heavy atom. The molecule has 0 saturated heterocycles. The summed E-state index contributed by atoms with van der Waals surface area (Å²) in [6.45, 7) is 0.209. The Morgan fingerprint density at radius 2 is 2.38 bits per heavy atom. The standard InChI is InChI=1S/C10H15NO2/c12-6-2-5-10-11-7-9(13-10)8-3-1-4-8/h7-8,12H,1-6H2. The Kier molecular flexibility index (Phi) is 2.64. The lowest BCUT2D eigenvalue weighted by atomic mass is 9.84. The van der Waals surface area contributed by atoms with Gasteiger partial charge in [0, 0.05) is 18.9 Å². The first-order valence-electron chi connectivity index (χ1n) is 4.95. The van der Waals surface area contributed by atoms with E-state index >= 15 is 0 Å². The van der Waals surface area contributed by atoms with Gasteiger partial charge in [-0.05, 0) is 19.3 Å². The minimum absolute atomic E-state index is 0.209. The first-order valence-corrected chi connectivity index (χ1v) is 4.95. The lowest BCUT2D eigenvalue weighted by Crippen LogP contribution is -2.07. The number of rotatable bonds is 4. The molecule has 3 heteroatoms. The van der Waals surface area contributed by atoms with E-state index in [1.54, 1.807) is 0 Å². The van der Waals surface area contributed by atoms with Crippen molar-refractivity contribution < 1.29 is 9.52 Å². The Hall–Kier alpha value is -0.830. The van der Waals surface area contributed by atoms with Crippen LogP contribution in [0.3, 0.4) is 0 Å². The molecule has 1 aromatic rings. The minimum atomic E-state index is 0.209. The topological polar surface area (TPSA) is 46.3 Å². The fourth-order valence-electron chi connectivity index (χ4n) is 1.55. The third-order valence-electron chi connectivity index (χ3n) is 2.63. The molecule has 0 bridgehead atoms. The van der Waals surface area contributed by atoms with Crippen molar-refractivity contribution in [3.63, 3.8) is 0 Å². The van der Waals surface area contributed by atoms with E-state index in [2.05, 4.69) is 4.98 Å². The van der Waals surface area contributed by atoms with Crippen molar-refractivity contribution in [3.8, 4) is 0 Å². The molecule has 1 heterocycles. The number of oxazole rings is 1. The number of hydrogen-bond donors (Lipinski definition) is 1. The van der Waals surface area contributed by atoms with Crippen molar-refractivity contribution in [3.05, 3.63) is 17.8 Å². The van der Waals surface area contributed by atoms with E-state index < -0.39 is 0 Å². The van der Waals surface area contributed by atoms with Gasteiger partial charge in [0.15, 0.2) is 5.89 Å². The van der Waals surface area contributed by atoms with Crippen molar-refractivity contribution in [2.24, 2.45) is 0 Å². The first kappa shape index (κ1) is 8.75. The van der Waals surface area contributed by atoms with Gasteiger partial charge in [0.1, 0.15) is 5.76 Å². The maximum atomic E-state index is 8.63. The molecule has 0 aromatic carbocycles. The van der Waals surface area contributed by atoms with Crippen LogP contribution in [0.4, 0.5) is 0 Å². The lowest BCUT2D eigenvalue weighted by molar-refractivity contribution is 0.279. The van der Waals surface area contributed by atoms with Crippen LogP contribution in [0.15, 0.2) is 10.6 Å². The highest BCUT2D eigenvalue weighted by molar-refractivity contribution is 5.05. The van der Waals surface area contributed by atoms with Crippen LogP contribution < -0.4 is 0 Å². The van der Waals surface area contributed by atoms with Crippen molar-refractivity contribution in [1.29, 1.82) is 0 Å². The zero-order valence-corrected chi connectivity index (χ0v) is 7.70. The summed E-state index contributed by atoms with van der Waals surface area (Å²) in [4.78, 5) is 4.18. The van der Waals surface area contributed by atoms with Crippen molar-refractivity contribution in [2.45, 2.75) is 38.0 Å². The molecule has 0 unspecified atom stereocenters. The Labute approximate surface area is 77.8 Å². The van der Waals surface area contributed by atoms with Crippen LogP contribution in [0.25, 0.3) is 0 Å². The molecule has 0 aliphatic heterocycles. The summed E-state index contributed by atoms with van der Waals surface area (Å²) in [6, 6.07) is 0. The van der Waals surface area contributed by atoms with Gasteiger partial charge in [0.25, 0.3) is 0 Å². The number of hydrogen-bond acceptors (Lipinski definition) is 3. The highest BCUT2D eigenvalue weighted by Gasteiger charge is 2.23. The average Bonchev–Trinajstić information content (AvgIpc) is 2.46. The van der Waals surface area contributed by atoms with Crippen LogP contribution in [0, 0.1) is 0 Å². The van der Waals surface area contributed by atoms with Crippen molar-refractivity contribution in [1.82, 2.24) is 4.98 Å². The first-order chi connectivity index (χ1) is 6.40. The monoisotopic (exact) mass is 181 g/mol. The van der Waals surface area contributed by atoms with Gasteiger partial charge in [-0.1, -0.05) is 6.42 Å². The van der Waals surface area contributed by atoms with Crippen LogP contribution in [0.5, 0.6) is 0 Å². The van der Waals surface area contributed by atoms with Gasteiger partial charge < -0.3 is 9.52 Å². The minimum Gasteiger partial charge on any atom is -0.445 e. The molecular weight excluding hydrogens is 166 g/mol. The van der Waals surface area contributed by atoms with Gasteiger partial charge in [-0.25, -0.2) is 4.98 Å². The molecule has 1 aromatic heterocycles. The Morgan fingerprint density at radius 1 is 1.54 bits per heavy atom. The highest BCUT2D eigenvalue weighted by Crippen LogP contribution is 2.36. The van der Waals surface area contributed by atoms with E-state index in [1.807, 2.05) is 6.20 Å². The predicted molar refractivity (Wildman–Crippen MR) is 48.5 cm³/mol. The summed E-state index contributed by atoms with van der Waals surface area (Å²) < 4.78 is 5.57. The van der Waals surface area contributed by atoms with E-state index in [-0.39, 0.29) is 6.61 Å². The molecule has 0 spiro atoms. The van der Waals surface area contributed by atoms with E-state index in [0.29, 0.717) is 5.92 Å². The maximum absolute atomic E-state index is 8.63. The van der Waals surface area contributed by atoms with Crippen LogP contribution in [0.1, 0.15) is 43.3 Å². The quantitative estimate of drug-likeness (QED) is 0.771. The molecule has 1 N–H and O–H groups in total. The molecule has 0 amide bonds. The second-order valence-corrected chi connectivity index (χ2v) is 3.61. The van der Waals surface area contributed by atoms with Crippen molar-refractivity contribution in [2.75, 3.05) is 6.61 Å². The third-order valence-corrected chi connectivity index (χ3v) is 2.63. The Balaban J connectivity index is 1.92. The van der Waals surface area contributed by atoms with E-state index in [0.717, 1.165) is 24.5 Å². The van der Waals surface area contributed by atoms with Crippen LogP contribution in [0.2, 0.25) is 0 Å². The number of aliphatic hydroxyl groups is 1. The van der Waals surface area contributed by atoms with E-state index in [9.17, 15) is 0 Å². The smallest absolute Gasteiger partial charge is 0.194 e. The molecule has 1 aliphatic carbocycles. The van der Waals surface area contributed by atoms with Gasteiger partial charge in [-0.2, -0.15) is 0 Å². The lowest BCUT2D eigenvalue weighted by Gasteiger charge is -2.22. The number of aliphatic hydroxyl groups excluding tert-OH is 1. The Bertz CT molecular complexity index is 266. The SMILES string of the molecule is OCCCc1ncc(C2CCC2)o1. The number of aromatic nitrogens is 1. The average molecular weight is 181 g/mol. The van der Waals surface area contributed by atoms with Gasteiger partial charge >= 0.3 is 0 Å². The third kappa shape index (κ3) is 1.91. The summed E-state index contributed by atoms with van der Waals surface area (Å²) in [6.07, 6.45) is 7.14. The van der Waals surface area contributed by atoms with Crippen LogP contribution in [-0.2, 0) is 6.42 Å². The maximum Gasteiger partial charge on any atom is 0.194 e. The van der Waals surface area contributed by atoms with Crippen LogP contribution >= 0.6 is 0 Å². The molecule has 3 nitrogen and oxygen atoms in total. The highest BCUT2D eigenvalue weighted by atomic mass is 16.4. The molecule has 72 valence electrons. The van der Waals surface area contributed by atoms with E-state index in [1.165, 1.54) is 19.3 Å². The van der Waals surface area contributed by atoms with E-state index in [4.69, 9.17) is 9.52 Å². The molecule has 0 radical (unpaired) electrons. The number of aryl methyl sites for hydroxylation is 1. The van der Waals surface area contributed by atoms with Gasteiger partial charge in [-0.15, -0.1) is 0 Å². The van der Waals surface area contributed by atoms with Gasteiger partial charge in [0.05, 0.1) is 6.20 Å². The van der Waals surface area contributed by atoms with Crippen LogP contribution in [-0.4, -0.2) is 16.7 Å². The fourth-order valence-corrected chi connectivity index (χ4v) is 1.55. The predicted octanol–water partition coefficient (Wildman–Crippen LogP) is 1.87. The largest absolute Gasteiger partial charge is 0.445 e. The molecule has 1 fully saturated rings. The van der Waals surface area contributed by atoms with Gasteiger partial charge in [0.2, 0.25) is 0 Å². The summed E-state index contributed by atoms with van der Waals surface area (Å²) in [5.74, 6) is 2.44. The zero-order valence-electron chi connectivity index (χ0n) is 7.70. The second-order valence-electron chi connectivity index (χ2n) is 3.61. The molecular formula is C10H15NO2. The van der Waals surface area contributed by atoms with Gasteiger partial charge in [-0.3, -0.25) is 0 Å². The number of nitrogens with zero attached hydrogens (tertiary/aromatic N) is 1. The van der Waals surface area contributed by atoms with Crippen molar-refractivity contribution >= 4 is 0 Å². The summed E-state index contributed by atoms with van der Waals surface area (Å²) in [5.41, 5.74) is 0. The molecule has 1 aliphatic rings.